The normalized spacial score (nSPS) is 10.4. The van der Waals surface area contributed by atoms with Crippen LogP contribution >= 0.6 is 0 Å². The number of hydrogen-bond acceptors (Lipinski definition) is 2. The quantitative estimate of drug-likeness (QED) is 0.735. The topological polar surface area (TPSA) is 34.9 Å². The van der Waals surface area contributed by atoms with Gasteiger partial charge in [-0.05, 0) is 18.6 Å². The van der Waals surface area contributed by atoms with Gasteiger partial charge in [-0.25, -0.2) is 0 Å². The Labute approximate surface area is 94.7 Å². The first kappa shape index (κ1) is 10.6. The summed E-state index contributed by atoms with van der Waals surface area (Å²) >= 11 is 0. The van der Waals surface area contributed by atoms with E-state index >= 15 is 0 Å². The molecule has 0 N–H and O–H groups in total. The van der Waals surface area contributed by atoms with E-state index in [4.69, 9.17) is 0 Å². The zero-order valence-electron chi connectivity index (χ0n) is 9.47. The van der Waals surface area contributed by atoms with E-state index in [9.17, 15) is 4.79 Å². The van der Waals surface area contributed by atoms with E-state index < -0.39 is 0 Å². The molecular formula is C13H14N2O. The molecule has 2 rings (SSSR count). The van der Waals surface area contributed by atoms with Crippen molar-refractivity contribution in [3.05, 3.63) is 53.3 Å². The average Bonchev–Trinajstić information content (AvgIpc) is 2.62. The third-order valence-corrected chi connectivity index (χ3v) is 2.52. The first-order valence-corrected chi connectivity index (χ1v) is 5.26. The van der Waals surface area contributed by atoms with E-state index in [2.05, 4.69) is 17.2 Å². The van der Waals surface area contributed by atoms with Crippen LogP contribution in [-0.4, -0.2) is 15.6 Å². The van der Waals surface area contributed by atoms with Crippen LogP contribution in [0.15, 0.2) is 36.4 Å². The molecule has 3 nitrogen and oxygen atoms in total. The second-order valence-electron chi connectivity index (χ2n) is 3.87. The molecule has 0 aliphatic heterocycles. The standard InChI is InChI=1S/C13H14N2O/c1-10-8-13(11(2)16)14-15(10)9-12-6-4-3-5-7-12/h3-8H,9H2,1-2H3. The van der Waals surface area contributed by atoms with E-state index in [1.54, 1.807) is 0 Å². The molecule has 2 aromatic rings. The molecule has 0 saturated heterocycles. The minimum Gasteiger partial charge on any atom is -0.293 e. The molecule has 0 spiro atoms. The van der Waals surface area contributed by atoms with Crippen molar-refractivity contribution in [2.75, 3.05) is 0 Å². The van der Waals surface area contributed by atoms with Crippen molar-refractivity contribution in [1.82, 2.24) is 9.78 Å². The Bertz CT molecular complexity index is 500. The van der Waals surface area contributed by atoms with E-state index in [0.29, 0.717) is 12.2 Å². The van der Waals surface area contributed by atoms with E-state index in [1.807, 2.05) is 35.9 Å². The van der Waals surface area contributed by atoms with Crippen LogP contribution in [-0.2, 0) is 6.54 Å². The third kappa shape index (κ3) is 2.19. The minimum absolute atomic E-state index is 0.00918. The molecule has 0 bridgehead atoms. The summed E-state index contributed by atoms with van der Waals surface area (Å²) in [6.45, 7) is 4.21. The molecule has 16 heavy (non-hydrogen) atoms. The number of hydrogen-bond donors (Lipinski definition) is 0. The summed E-state index contributed by atoms with van der Waals surface area (Å²) in [6, 6.07) is 11.9. The number of carbonyl (C=O) groups excluding carboxylic acids is 1. The zero-order chi connectivity index (χ0) is 11.5. The van der Waals surface area contributed by atoms with Gasteiger partial charge < -0.3 is 0 Å². The molecule has 0 amide bonds. The van der Waals surface area contributed by atoms with Crippen LogP contribution in [0.4, 0.5) is 0 Å². The monoisotopic (exact) mass is 214 g/mol. The van der Waals surface area contributed by atoms with Gasteiger partial charge in [-0.3, -0.25) is 9.48 Å². The number of aryl methyl sites for hydroxylation is 1. The molecule has 0 unspecified atom stereocenters. The molecule has 1 aromatic heterocycles. The maximum atomic E-state index is 11.2. The maximum Gasteiger partial charge on any atom is 0.179 e. The molecule has 1 aromatic carbocycles. The smallest absolute Gasteiger partial charge is 0.179 e. The van der Waals surface area contributed by atoms with Crippen molar-refractivity contribution in [3.8, 4) is 0 Å². The van der Waals surface area contributed by atoms with Gasteiger partial charge in [0, 0.05) is 12.6 Å². The van der Waals surface area contributed by atoms with Crippen molar-refractivity contribution >= 4 is 5.78 Å². The summed E-state index contributed by atoms with van der Waals surface area (Å²) in [6.07, 6.45) is 0. The summed E-state index contributed by atoms with van der Waals surface area (Å²) in [4.78, 5) is 11.2. The Morgan fingerprint density at radius 1 is 1.31 bits per heavy atom. The van der Waals surface area contributed by atoms with Crippen molar-refractivity contribution in [1.29, 1.82) is 0 Å². The highest BCUT2D eigenvalue weighted by atomic mass is 16.1. The number of carbonyl (C=O) groups is 1. The molecule has 0 fully saturated rings. The van der Waals surface area contributed by atoms with Gasteiger partial charge in [0.1, 0.15) is 5.69 Å². The second kappa shape index (κ2) is 4.31. The lowest BCUT2D eigenvalue weighted by Gasteiger charge is -2.03. The number of Topliss-reactive ketones (excluding diaryl/α,β-unsaturated/α-hetero) is 1. The first-order valence-electron chi connectivity index (χ1n) is 5.26. The SMILES string of the molecule is CC(=O)c1cc(C)n(Cc2ccccc2)n1. The largest absolute Gasteiger partial charge is 0.293 e. The Morgan fingerprint density at radius 2 is 2.00 bits per heavy atom. The summed E-state index contributed by atoms with van der Waals surface area (Å²) in [7, 11) is 0. The Morgan fingerprint density at radius 3 is 2.56 bits per heavy atom. The number of ketones is 1. The van der Waals surface area contributed by atoms with Crippen molar-refractivity contribution < 1.29 is 4.79 Å². The predicted molar refractivity (Wildman–Crippen MR) is 62.5 cm³/mol. The average molecular weight is 214 g/mol. The molecule has 0 aliphatic carbocycles. The lowest BCUT2D eigenvalue weighted by atomic mass is 10.2. The van der Waals surface area contributed by atoms with Crippen LogP contribution < -0.4 is 0 Å². The summed E-state index contributed by atoms with van der Waals surface area (Å²) in [5.41, 5.74) is 2.73. The van der Waals surface area contributed by atoms with Gasteiger partial charge in [-0.2, -0.15) is 5.10 Å². The van der Waals surface area contributed by atoms with Gasteiger partial charge in [0.25, 0.3) is 0 Å². The number of aromatic nitrogens is 2. The molecule has 82 valence electrons. The zero-order valence-corrected chi connectivity index (χ0v) is 9.47. The minimum atomic E-state index is 0.00918. The summed E-state index contributed by atoms with van der Waals surface area (Å²) in [5, 5.41) is 4.27. The highest BCUT2D eigenvalue weighted by Gasteiger charge is 2.07. The van der Waals surface area contributed by atoms with E-state index in [-0.39, 0.29) is 5.78 Å². The Hall–Kier alpha value is -1.90. The predicted octanol–water partition coefficient (Wildman–Crippen LogP) is 2.44. The van der Waals surface area contributed by atoms with Crippen LogP contribution in [0.5, 0.6) is 0 Å². The van der Waals surface area contributed by atoms with E-state index in [0.717, 1.165) is 5.69 Å². The fourth-order valence-corrected chi connectivity index (χ4v) is 1.60. The summed E-state index contributed by atoms with van der Waals surface area (Å²) < 4.78 is 1.85. The van der Waals surface area contributed by atoms with Gasteiger partial charge >= 0.3 is 0 Å². The van der Waals surface area contributed by atoms with E-state index in [1.165, 1.54) is 12.5 Å². The van der Waals surface area contributed by atoms with Crippen LogP contribution in [0.2, 0.25) is 0 Å². The highest BCUT2D eigenvalue weighted by Crippen LogP contribution is 2.08. The molecule has 1 heterocycles. The van der Waals surface area contributed by atoms with Gasteiger partial charge in [0.2, 0.25) is 0 Å². The Balaban J connectivity index is 2.25. The molecular weight excluding hydrogens is 200 g/mol. The third-order valence-electron chi connectivity index (χ3n) is 2.52. The summed E-state index contributed by atoms with van der Waals surface area (Å²) in [5.74, 6) is 0.00918. The Kier molecular flexibility index (Phi) is 2.86. The van der Waals surface area contributed by atoms with Crippen LogP contribution in [0, 0.1) is 6.92 Å². The molecule has 0 atom stereocenters. The molecule has 0 aliphatic rings. The van der Waals surface area contributed by atoms with Crippen molar-refractivity contribution in [2.24, 2.45) is 0 Å². The first-order chi connectivity index (χ1) is 7.66. The number of nitrogens with zero attached hydrogens (tertiary/aromatic N) is 2. The van der Waals surface area contributed by atoms with Gasteiger partial charge in [0.15, 0.2) is 5.78 Å². The maximum absolute atomic E-state index is 11.2. The van der Waals surface area contributed by atoms with Crippen LogP contribution in [0.3, 0.4) is 0 Å². The highest BCUT2D eigenvalue weighted by molar-refractivity contribution is 5.92. The van der Waals surface area contributed by atoms with Gasteiger partial charge in [-0.15, -0.1) is 0 Å². The molecule has 0 saturated carbocycles. The van der Waals surface area contributed by atoms with Crippen LogP contribution in [0.25, 0.3) is 0 Å². The van der Waals surface area contributed by atoms with Crippen molar-refractivity contribution in [2.45, 2.75) is 20.4 Å². The lowest BCUT2D eigenvalue weighted by molar-refractivity contribution is 0.101. The molecule has 0 radical (unpaired) electrons. The number of rotatable bonds is 3. The molecule has 3 heteroatoms. The van der Waals surface area contributed by atoms with Crippen LogP contribution in [0.1, 0.15) is 28.7 Å². The second-order valence-corrected chi connectivity index (χ2v) is 3.87. The lowest BCUT2D eigenvalue weighted by Crippen LogP contribution is -2.04. The fourth-order valence-electron chi connectivity index (χ4n) is 1.60. The van der Waals surface area contributed by atoms with Gasteiger partial charge in [-0.1, -0.05) is 30.3 Å². The fraction of sp³-hybridized carbons (Fsp3) is 0.231. The van der Waals surface area contributed by atoms with Crippen molar-refractivity contribution in [3.63, 3.8) is 0 Å². The number of benzene rings is 1. The van der Waals surface area contributed by atoms with Gasteiger partial charge in [0.05, 0.1) is 6.54 Å².